The molecular formula is C10H8FN. The molecule has 2 rings (SSSR count). The predicted molar refractivity (Wildman–Crippen MR) is 42.9 cm³/mol. The van der Waals surface area contributed by atoms with Gasteiger partial charge in [-0.15, -0.1) is 0 Å². The third-order valence-electron chi connectivity index (χ3n) is 2.35. The van der Waals surface area contributed by atoms with E-state index in [4.69, 9.17) is 5.26 Å². The van der Waals surface area contributed by atoms with E-state index >= 15 is 0 Å². The molecule has 0 heterocycles. The maximum Gasteiger partial charge on any atom is 0.128 e. The van der Waals surface area contributed by atoms with Gasteiger partial charge in [0.2, 0.25) is 0 Å². The van der Waals surface area contributed by atoms with Gasteiger partial charge in [0, 0.05) is 5.56 Å². The van der Waals surface area contributed by atoms with Crippen LogP contribution in [-0.2, 0) is 5.41 Å². The second-order valence-electron chi connectivity index (χ2n) is 3.17. The number of hydrogen-bond donors (Lipinski definition) is 0. The van der Waals surface area contributed by atoms with E-state index in [0.29, 0.717) is 5.56 Å². The minimum Gasteiger partial charge on any atom is -0.207 e. The van der Waals surface area contributed by atoms with Gasteiger partial charge in [0.15, 0.2) is 0 Å². The molecule has 0 bridgehead atoms. The molecular weight excluding hydrogens is 153 g/mol. The monoisotopic (exact) mass is 161 g/mol. The molecule has 0 saturated heterocycles. The second kappa shape index (κ2) is 2.31. The lowest BCUT2D eigenvalue weighted by Gasteiger charge is -2.05. The Hall–Kier alpha value is -1.36. The zero-order valence-corrected chi connectivity index (χ0v) is 6.55. The van der Waals surface area contributed by atoms with Crippen LogP contribution in [0, 0.1) is 17.1 Å². The maximum atomic E-state index is 13.2. The van der Waals surface area contributed by atoms with Crippen molar-refractivity contribution in [2.75, 3.05) is 0 Å². The highest BCUT2D eigenvalue weighted by Crippen LogP contribution is 2.48. The van der Waals surface area contributed by atoms with E-state index in [1.807, 2.05) is 0 Å². The Morgan fingerprint density at radius 3 is 2.50 bits per heavy atom. The summed E-state index contributed by atoms with van der Waals surface area (Å²) in [7, 11) is 0. The summed E-state index contributed by atoms with van der Waals surface area (Å²) < 4.78 is 13.2. The Morgan fingerprint density at radius 1 is 1.33 bits per heavy atom. The highest BCUT2D eigenvalue weighted by atomic mass is 19.1. The summed E-state index contributed by atoms with van der Waals surface area (Å²) in [6, 6.07) is 8.70. The first kappa shape index (κ1) is 7.30. The second-order valence-corrected chi connectivity index (χ2v) is 3.17. The SMILES string of the molecule is N#CC1(c2ccccc2F)CC1. The molecule has 1 aromatic carbocycles. The molecule has 1 nitrogen and oxygen atoms in total. The van der Waals surface area contributed by atoms with E-state index in [0.717, 1.165) is 12.8 Å². The van der Waals surface area contributed by atoms with Crippen LogP contribution in [0.4, 0.5) is 4.39 Å². The normalized spacial score (nSPS) is 18.3. The van der Waals surface area contributed by atoms with Crippen molar-refractivity contribution in [3.05, 3.63) is 35.6 Å². The van der Waals surface area contributed by atoms with Crippen LogP contribution in [0.25, 0.3) is 0 Å². The maximum absolute atomic E-state index is 13.2. The highest BCUT2D eigenvalue weighted by molar-refractivity contribution is 5.39. The molecule has 1 aliphatic rings. The Labute approximate surface area is 70.4 Å². The summed E-state index contributed by atoms with van der Waals surface area (Å²) in [5, 5.41) is 8.82. The van der Waals surface area contributed by atoms with Crippen LogP contribution in [0.5, 0.6) is 0 Å². The number of halogens is 1. The highest BCUT2D eigenvalue weighted by Gasteiger charge is 2.46. The van der Waals surface area contributed by atoms with Crippen LogP contribution in [-0.4, -0.2) is 0 Å². The molecule has 0 amide bonds. The molecule has 0 atom stereocenters. The van der Waals surface area contributed by atoms with Crippen LogP contribution in [0.2, 0.25) is 0 Å². The summed E-state index contributed by atoms with van der Waals surface area (Å²) in [6.07, 6.45) is 1.59. The lowest BCUT2D eigenvalue weighted by molar-refractivity contribution is 0.599. The lowest BCUT2D eigenvalue weighted by Crippen LogP contribution is -2.04. The van der Waals surface area contributed by atoms with Gasteiger partial charge in [0.25, 0.3) is 0 Å². The van der Waals surface area contributed by atoms with Crippen molar-refractivity contribution in [3.63, 3.8) is 0 Å². The van der Waals surface area contributed by atoms with Gasteiger partial charge in [-0.25, -0.2) is 4.39 Å². The number of nitrogens with zero attached hydrogens (tertiary/aromatic N) is 1. The molecule has 0 unspecified atom stereocenters. The predicted octanol–water partition coefficient (Wildman–Crippen LogP) is 2.38. The summed E-state index contributed by atoms with van der Waals surface area (Å²) in [6.45, 7) is 0. The zero-order valence-electron chi connectivity index (χ0n) is 6.55. The quantitative estimate of drug-likeness (QED) is 0.620. The standard InChI is InChI=1S/C10H8FN/c11-9-4-2-1-3-8(9)10(7-12)5-6-10/h1-4H,5-6H2. The largest absolute Gasteiger partial charge is 0.207 e. The van der Waals surface area contributed by atoms with Gasteiger partial charge in [-0.1, -0.05) is 18.2 Å². The van der Waals surface area contributed by atoms with Crippen LogP contribution >= 0.6 is 0 Å². The smallest absolute Gasteiger partial charge is 0.128 e. The third kappa shape index (κ3) is 0.902. The van der Waals surface area contributed by atoms with Crippen LogP contribution < -0.4 is 0 Å². The molecule has 0 aromatic heterocycles. The number of hydrogen-bond acceptors (Lipinski definition) is 1. The zero-order chi connectivity index (χ0) is 8.60. The molecule has 60 valence electrons. The molecule has 1 saturated carbocycles. The van der Waals surface area contributed by atoms with E-state index in [1.54, 1.807) is 18.2 Å². The van der Waals surface area contributed by atoms with Gasteiger partial charge < -0.3 is 0 Å². The van der Waals surface area contributed by atoms with Crippen LogP contribution in [0.15, 0.2) is 24.3 Å². The van der Waals surface area contributed by atoms with Gasteiger partial charge in [-0.2, -0.15) is 5.26 Å². The summed E-state index contributed by atoms with van der Waals surface area (Å²) in [5.74, 6) is -0.253. The summed E-state index contributed by atoms with van der Waals surface area (Å²) in [4.78, 5) is 0. The first-order valence-corrected chi connectivity index (χ1v) is 3.95. The molecule has 2 heteroatoms. The third-order valence-corrected chi connectivity index (χ3v) is 2.35. The minimum absolute atomic E-state index is 0.253. The first-order valence-electron chi connectivity index (χ1n) is 3.95. The number of benzene rings is 1. The van der Waals surface area contributed by atoms with Gasteiger partial charge in [0.05, 0.1) is 11.5 Å². The molecule has 0 aliphatic heterocycles. The molecule has 1 aromatic rings. The molecule has 1 aliphatic carbocycles. The van der Waals surface area contributed by atoms with E-state index in [2.05, 4.69) is 6.07 Å². The van der Waals surface area contributed by atoms with Crippen molar-refractivity contribution in [2.45, 2.75) is 18.3 Å². The number of rotatable bonds is 1. The molecule has 0 spiro atoms. The molecule has 12 heavy (non-hydrogen) atoms. The fourth-order valence-electron chi connectivity index (χ4n) is 1.42. The van der Waals surface area contributed by atoms with E-state index in [1.165, 1.54) is 6.07 Å². The Kier molecular flexibility index (Phi) is 1.41. The molecule has 0 N–H and O–H groups in total. The topological polar surface area (TPSA) is 23.8 Å². The van der Waals surface area contributed by atoms with E-state index < -0.39 is 5.41 Å². The van der Waals surface area contributed by atoms with Crippen molar-refractivity contribution >= 4 is 0 Å². The molecule has 0 radical (unpaired) electrons. The Balaban J connectivity index is 2.48. The summed E-state index contributed by atoms with van der Waals surface area (Å²) in [5.41, 5.74) is 0.0678. The number of nitriles is 1. The van der Waals surface area contributed by atoms with Gasteiger partial charge >= 0.3 is 0 Å². The fourth-order valence-corrected chi connectivity index (χ4v) is 1.42. The minimum atomic E-state index is -0.495. The van der Waals surface area contributed by atoms with Crippen LogP contribution in [0.3, 0.4) is 0 Å². The van der Waals surface area contributed by atoms with Crippen LogP contribution in [0.1, 0.15) is 18.4 Å². The average molecular weight is 161 g/mol. The summed E-state index contributed by atoms with van der Waals surface area (Å²) >= 11 is 0. The van der Waals surface area contributed by atoms with Crippen molar-refractivity contribution < 1.29 is 4.39 Å². The van der Waals surface area contributed by atoms with Gasteiger partial charge in [0.1, 0.15) is 5.82 Å². The van der Waals surface area contributed by atoms with Gasteiger partial charge in [-0.05, 0) is 18.9 Å². The van der Waals surface area contributed by atoms with Gasteiger partial charge in [-0.3, -0.25) is 0 Å². The first-order chi connectivity index (χ1) is 5.78. The van der Waals surface area contributed by atoms with Crippen molar-refractivity contribution in [3.8, 4) is 6.07 Å². The van der Waals surface area contributed by atoms with Crippen molar-refractivity contribution in [1.29, 1.82) is 5.26 Å². The molecule has 1 fully saturated rings. The van der Waals surface area contributed by atoms with Crippen molar-refractivity contribution in [1.82, 2.24) is 0 Å². The van der Waals surface area contributed by atoms with Crippen molar-refractivity contribution in [2.24, 2.45) is 0 Å². The van der Waals surface area contributed by atoms with E-state index in [9.17, 15) is 4.39 Å². The average Bonchev–Trinajstić information content (AvgIpc) is 2.86. The van der Waals surface area contributed by atoms with E-state index in [-0.39, 0.29) is 5.82 Å². The Morgan fingerprint density at radius 2 is 2.00 bits per heavy atom. The Bertz CT molecular complexity index is 347. The lowest BCUT2D eigenvalue weighted by atomic mass is 9.97. The fraction of sp³-hybridized carbons (Fsp3) is 0.300.